The lowest BCUT2D eigenvalue weighted by Gasteiger charge is -2.10. The maximum atomic E-state index is 10.5. The SMILES string of the molecule is O=[N+]([O-])c1cc(C(Cl)(Cl)Cl)ccc1S. The minimum Gasteiger partial charge on any atom is -0.258 e. The molecule has 0 atom stereocenters. The number of alkyl halides is 3. The molecule has 0 aromatic heterocycles. The number of rotatable bonds is 1. The maximum Gasteiger partial charge on any atom is 0.283 e. The Morgan fingerprint density at radius 3 is 2.36 bits per heavy atom. The van der Waals surface area contributed by atoms with Gasteiger partial charge in [0.05, 0.1) is 9.82 Å². The van der Waals surface area contributed by atoms with Gasteiger partial charge in [0.2, 0.25) is 3.79 Å². The number of nitrogens with zero attached hydrogens (tertiary/aromatic N) is 1. The van der Waals surface area contributed by atoms with E-state index in [0.717, 1.165) is 0 Å². The van der Waals surface area contributed by atoms with Crippen LogP contribution in [0.5, 0.6) is 0 Å². The highest BCUT2D eigenvalue weighted by atomic mass is 35.6. The number of benzene rings is 1. The summed E-state index contributed by atoms with van der Waals surface area (Å²) in [5.74, 6) is 0. The Morgan fingerprint density at radius 2 is 1.93 bits per heavy atom. The first kappa shape index (κ1) is 11.9. The van der Waals surface area contributed by atoms with E-state index < -0.39 is 8.72 Å². The van der Waals surface area contributed by atoms with Crippen molar-refractivity contribution in [3.63, 3.8) is 0 Å². The summed E-state index contributed by atoms with van der Waals surface area (Å²) in [5, 5.41) is 10.5. The first-order valence-electron chi connectivity index (χ1n) is 3.37. The lowest BCUT2D eigenvalue weighted by Crippen LogP contribution is -2.01. The third-order valence-electron chi connectivity index (χ3n) is 1.50. The zero-order chi connectivity index (χ0) is 10.9. The molecule has 7 heteroatoms. The van der Waals surface area contributed by atoms with Gasteiger partial charge < -0.3 is 0 Å². The third-order valence-corrected chi connectivity index (χ3v) is 2.53. The highest BCUT2D eigenvalue weighted by Crippen LogP contribution is 2.40. The Bertz CT molecular complexity index is 378. The van der Waals surface area contributed by atoms with Crippen molar-refractivity contribution in [2.45, 2.75) is 8.69 Å². The van der Waals surface area contributed by atoms with Gasteiger partial charge in [-0.15, -0.1) is 12.6 Å². The lowest BCUT2D eigenvalue weighted by atomic mass is 10.2. The fraction of sp³-hybridized carbons (Fsp3) is 0.143. The topological polar surface area (TPSA) is 43.1 Å². The van der Waals surface area contributed by atoms with E-state index in [2.05, 4.69) is 12.6 Å². The van der Waals surface area contributed by atoms with Crippen LogP contribution in [0.3, 0.4) is 0 Å². The number of thiol groups is 1. The highest BCUT2D eigenvalue weighted by Gasteiger charge is 2.25. The van der Waals surface area contributed by atoms with Crippen LogP contribution in [0.1, 0.15) is 5.56 Å². The van der Waals surface area contributed by atoms with Gasteiger partial charge in [-0.25, -0.2) is 0 Å². The average Bonchev–Trinajstić information content (AvgIpc) is 2.02. The second-order valence-corrected chi connectivity index (χ2v) is 5.22. The predicted octanol–water partition coefficient (Wildman–Crippen LogP) is 3.71. The van der Waals surface area contributed by atoms with Gasteiger partial charge in [0.25, 0.3) is 5.69 Å². The van der Waals surface area contributed by atoms with Crippen LogP contribution < -0.4 is 0 Å². The average molecular weight is 273 g/mol. The quantitative estimate of drug-likeness (QED) is 0.366. The second kappa shape index (κ2) is 4.14. The van der Waals surface area contributed by atoms with Crippen molar-refractivity contribution in [1.29, 1.82) is 0 Å². The molecule has 0 saturated carbocycles. The Kier molecular flexibility index (Phi) is 3.53. The van der Waals surface area contributed by atoms with Crippen LogP contribution >= 0.6 is 47.4 Å². The van der Waals surface area contributed by atoms with E-state index in [1.165, 1.54) is 18.2 Å². The van der Waals surface area contributed by atoms with E-state index in [-0.39, 0.29) is 16.1 Å². The Morgan fingerprint density at radius 1 is 1.36 bits per heavy atom. The smallest absolute Gasteiger partial charge is 0.258 e. The summed E-state index contributed by atoms with van der Waals surface area (Å²) in [6.45, 7) is 0. The fourth-order valence-corrected chi connectivity index (χ4v) is 1.42. The molecular weight excluding hydrogens is 269 g/mol. The number of nitro groups is 1. The monoisotopic (exact) mass is 271 g/mol. The van der Waals surface area contributed by atoms with Gasteiger partial charge in [0.1, 0.15) is 0 Å². The summed E-state index contributed by atoms with van der Waals surface area (Å²) in [6, 6.07) is 4.08. The summed E-state index contributed by atoms with van der Waals surface area (Å²) < 4.78 is -1.66. The summed E-state index contributed by atoms with van der Waals surface area (Å²) in [4.78, 5) is 10.2. The first-order chi connectivity index (χ1) is 6.32. The van der Waals surface area contributed by atoms with Crippen LogP contribution in [0.4, 0.5) is 5.69 Å². The van der Waals surface area contributed by atoms with Crippen LogP contribution in [-0.2, 0) is 3.79 Å². The molecule has 14 heavy (non-hydrogen) atoms. The van der Waals surface area contributed by atoms with Gasteiger partial charge in [0, 0.05) is 11.6 Å². The van der Waals surface area contributed by atoms with Crippen LogP contribution in [0, 0.1) is 10.1 Å². The van der Waals surface area contributed by atoms with Crippen LogP contribution in [0.25, 0.3) is 0 Å². The van der Waals surface area contributed by atoms with E-state index in [0.29, 0.717) is 0 Å². The lowest BCUT2D eigenvalue weighted by molar-refractivity contribution is -0.387. The van der Waals surface area contributed by atoms with Crippen LogP contribution in [0.2, 0.25) is 0 Å². The molecule has 0 radical (unpaired) electrons. The van der Waals surface area contributed by atoms with Crippen molar-refractivity contribution >= 4 is 53.1 Å². The molecule has 0 unspecified atom stereocenters. The number of nitro benzene ring substituents is 1. The van der Waals surface area contributed by atoms with E-state index in [9.17, 15) is 10.1 Å². The van der Waals surface area contributed by atoms with E-state index >= 15 is 0 Å². The molecule has 0 aliphatic carbocycles. The molecule has 1 rings (SSSR count). The van der Waals surface area contributed by atoms with Gasteiger partial charge in [0.15, 0.2) is 0 Å². The Hall–Kier alpha value is -0.160. The Labute approximate surface area is 101 Å². The zero-order valence-corrected chi connectivity index (χ0v) is 9.74. The summed E-state index contributed by atoms with van der Waals surface area (Å²) in [6.07, 6.45) is 0. The van der Waals surface area contributed by atoms with Gasteiger partial charge in [-0.1, -0.05) is 40.9 Å². The minimum atomic E-state index is -1.66. The van der Waals surface area contributed by atoms with Crippen molar-refractivity contribution in [1.82, 2.24) is 0 Å². The molecule has 0 N–H and O–H groups in total. The first-order valence-corrected chi connectivity index (χ1v) is 4.95. The van der Waals surface area contributed by atoms with E-state index in [4.69, 9.17) is 34.8 Å². The standard InChI is InChI=1S/C7H4Cl3NO2S/c8-7(9,10)4-1-2-6(14)5(3-4)11(12)13/h1-3,14H. The summed E-state index contributed by atoms with van der Waals surface area (Å²) in [7, 11) is 0. The van der Waals surface area contributed by atoms with Gasteiger partial charge in [-0.2, -0.15) is 0 Å². The molecule has 0 amide bonds. The second-order valence-electron chi connectivity index (χ2n) is 2.46. The normalized spacial score (nSPS) is 11.4. The molecule has 0 spiro atoms. The number of hydrogen-bond acceptors (Lipinski definition) is 3. The maximum absolute atomic E-state index is 10.5. The van der Waals surface area contributed by atoms with Gasteiger partial charge in [-0.3, -0.25) is 10.1 Å². The molecule has 0 bridgehead atoms. The summed E-state index contributed by atoms with van der Waals surface area (Å²) in [5.41, 5.74) is 0.0594. The molecule has 0 fully saturated rings. The largest absolute Gasteiger partial charge is 0.283 e. The molecule has 1 aromatic carbocycles. The third kappa shape index (κ3) is 2.67. The molecule has 3 nitrogen and oxygen atoms in total. The Balaban J connectivity index is 3.27. The molecule has 0 heterocycles. The van der Waals surface area contributed by atoms with Gasteiger partial charge >= 0.3 is 0 Å². The van der Waals surface area contributed by atoms with E-state index in [1.54, 1.807) is 0 Å². The number of halogens is 3. The van der Waals surface area contributed by atoms with Gasteiger partial charge in [-0.05, 0) is 6.07 Å². The molecule has 76 valence electrons. The number of hydrogen-bond donors (Lipinski definition) is 1. The molecule has 1 aromatic rings. The van der Waals surface area contributed by atoms with Crippen molar-refractivity contribution in [3.8, 4) is 0 Å². The zero-order valence-electron chi connectivity index (χ0n) is 6.58. The molecule has 0 saturated heterocycles. The van der Waals surface area contributed by atoms with E-state index in [1.807, 2.05) is 0 Å². The summed E-state index contributed by atoms with van der Waals surface area (Å²) >= 11 is 20.6. The van der Waals surface area contributed by atoms with Crippen molar-refractivity contribution < 1.29 is 4.92 Å². The molecular formula is C7H4Cl3NO2S. The highest BCUT2D eigenvalue weighted by molar-refractivity contribution is 7.80. The van der Waals surface area contributed by atoms with Crippen molar-refractivity contribution in [2.75, 3.05) is 0 Å². The fourth-order valence-electron chi connectivity index (χ4n) is 0.846. The van der Waals surface area contributed by atoms with Crippen molar-refractivity contribution in [2.24, 2.45) is 0 Å². The predicted molar refractivity (Wildman–Crippen MR) is 59.6 cm³/mol. The molecule has 0 aliphatic rings. The molecule has 0 aliphatic heterocycles. The van der Waals surface area contributed by atoms with Crippen LogP contribution in [0.15, 0.2) is 23.1 Å². The van der Waals surface area contributed by atoms with Crippen molar-refractivity contribution in [3.05, 3.63) is 33.9 Å². The minimum absolute atomic E-state index is 0.183. The van der Waals surface area contributed by atoms with Crippen LogP contribution in [-0.4, -0.2) is 4.92 Å².